The van der Waals surface area contributed by atoms with Crippen LogP contribution < -0.4 is 15.2 Å². The third kappa shape index (κ3) is 2.20. The number of aromatic nitrogens is 2. The van der Waals surface area contributed by atoms with E-state index in [4.69, 9.17) is 20.5 Å². The van der Waals surface area contributed by atoms with Crippen LogP contribution in [0.3, 0.4) is 0 Å². The van der Waals surface area contributed by atoms with E-state index in [1.807, 2.05) is 6.07 Å². The van der Waals surface area contributed by atoms with E-state index < -0.39 is 0 Å². The fourth-order valence-corrected chi connectivity index (χ4v) is 1.49. The Morgan fingerprint density at radius 1 is 1.39 bits per heavy atom. The number of nitrogen functional groups attached to an aromatic ring is 1. The van der Waals surface area contributed by atoms with Gasteiger partial charge in [0.2, 0.25) is 0 Å². The Morgan fingerprint density at radius 3 is 2.72 bits per heavy atom. The van der Waals surface area contributed by atoms with Gasteiger partial charge in [0.25, 0.3) is 5.88 Å². The van der Waals surface area contributed by atoms with Crippen molar-refractivity contribution in [3.63, 3.8) is 0 Å². The maximum absolute atomic E-state index is 8.80. The van der Waals surface area contributed by atoms with Gasteiger partial charge in [-0.25, -0.2) is 0 Å². The topological polar surface area (TPSA) is 86.1 Å². The van der Waals surface area contributed by atoms with Crippen molar-refractivity contribution in [1.82, 2.24) is 9.78 Å². The zero-order valence-corrected chi connectivity index (χ0v) is 10.0. The highest BCUT2D eigenvalue weighted by Gasteiger charge is 2.11. The summed E-state index contributed by atoms with van der Waals surface area (Å²) in [5, 5.41) is 12.9. The molecule has 2 rings (SSSR count). The van der Waals surface area contributed by atoms with Gasteiger partial charge in [0, 0.05) is 13.1 Å². The number of hydrogen-bond acceptors (Lipinski definition) is 5. The first-order valence-corrected chi connectivity index (χ1v) is 5.19. The van der Waals surface area contributed by atoms with Gasteiger partial charge in [-0.3, -0.25) is 4.68 Å². The van der Waals surface area contributed by atoms with E-state index in [0.29, 0.717) is 28.6 Å². The van der Waals surface area contributed by atoms with Gasteiger partial charge in [-0.15, -0.1) is 5.10 Å². The molecule has 0 aliphatic heterocycles. The van der Waals surface area contributed by atoms with Crippen molar-refractivity contribution in [2.75, 3.05) is 12.8 Å². The molecule has 1 heterocycles. The van der Waals surface area contributed by atoms with Gasteiger partial charge in [0.05, 0.1) is 24.9 Å². The third-order valence-electron chi connectivity index (χ3n) is 2.32. The molecule has 0 saturated heterocycles. The van der Waals surface area contributed by atoms with E-state index in [-0.39, 0.29) is 0 Å². The lowest BCUT2D eigenvalue weighted by Crippen LogP contribution is -1.94. The Bertz CT molecular complexity index is 613. The van der Waals surface area contributed by atoms with Gasteiger partial charge >= 0.3 is 0 Å². The Hall–Kier alpha value is -2.68. The molecule has 0 amide bonds. The second-order valence-electron chi connectivity index (χ2n) is 3.64. The number of nitriles is 1. The van der Waals surface area contributed by atoms with E-state index in [1.54, 1.807) is 36.1 Å². The zero-order chi connectivity index (χ0) is 13.1. The molecule has 1 aromatic heterocycles. The first kappa shape index (κ1) is 11.8. The summed E-state index contributed by atoms with van der Waals surface area (Å²) >= 11 is 0. The monoisotopic (exact) mass is 244 g/mol. The highest BCUT2D eigenvalue weighted by molar-refractivity contribution is 5.52. The van der Waals surface area contributed by atoms with E-state index >= 15 is 0 Å². The molecule has 0 saturated carbocycles. The molecule has 6 nitrogen and oxygen atoms in total. The van der Waals surface area contributed by atoms with Crippen molar-refractivity contribution in [1.29, 1.82) is 5.26 Å². The van der Waals surface area contributed by atoms with Crippen molar-refractivity contribution in [3.05, 3.63) is 30.0 Å². The van der Waals surface area contributed by atoms with E-state index in [2.05, 4.69) is 5.10 Å². The number of nitrogens with two attached hydrogens (primary N) is 1. The molecule has 92 valence electrons. The van der Waals surface area contributed by atoms with Crippen molar-refractivity contribution in [2.24, 2.45) is 7.05 Å². The molecule has 0 radical (unpaired) electrons. The van der Waals surface area contributed by atoms with Crippen molar-refractivity contribution in [2.45, 2.75) is 0 Å². The molecular formula is C12H12N4O2. The molecule has 2 aromatic rings. The minimum atomic E-state index is 0.306. The quantitative estimate of drug-likeness (QED) is 0.887. The normalized spacial score (nSPS) is 9.83. The largest absolute Gasteiger partial charge is 0.493 e. The van der Waals surface area contributed by atoms with Crippen LogP contribution in [0.25, 0.3) is 0 Å². The number of nitrogens with zero attached hydrogens (tertiary/aromatic N) is 3. The third-order valence-corrected chi connectivity index (χ3v) is 2.32. The zero-order valence-electron chi connectivity index (χ0n) is 10.0. The van der Waals surface area contributed by atoms with Crippen LogP contribution >= 0.6 is 0 Å². The fraction of sp³-hybridized carbons (Fsp3) is 0.167. The SMILES string of the molecule is COc1cc(C#N)ccc1Oc1nn(C)cc1N. The number of hydrogen-bond donors (Lipinski definition) is 1. The van der Waals surface area contributed by atoms with Crippen molar-refractivity contribution >= 4 is 5.69 Å². The van der Waals surface area contributed by atoms with Crippen molar-refractivity contribution in [3.8, 4) is 23.4 Å². The molecule has 2 N–H and O–H groups in total. The average molecular weight is 244 g/mol. The molecule has 0 bridgehead atoms. The summed E-state index contributed by atoms with van der Waals surface area (Å²) in [6.07, 6.45) is 1.64. The Balaban J connectivity index is 2.34. The summed E-state index contributed by atoms with van der Waals surface area (Å²) in [6, 6.07) is 6.90. The predicted octanol–water partition coefficient (Wildman–Crippen LogP) is 1.67. The molecule has 0 atom stereocenters. The van der Waals surface area contributed by atoms with Crippen LogP contribution in [0.15, 0.2) is 24.4 Å². The lowest BCUT2D eigenvalue weighted by molar-refractivity contribution is 0.373. The second kappa shape index (κ2) is 4.67. The maximum atomic E-state index is 8.80. The predicted molar refractivity (Wildman–Crippen MR) is 65.4 cm³/mol. The van der Waals surface area contributed by atoms with Crippen LogP contribution in [0.5, 0.6) is 17.4 Å². The van der Waals surface area contributed by atoms with Gasteiger partial charge in [-0.05, 0) is 12.1 Å². The number of anilines is 1. The van der Waals surface area contributed by atoms with Gasteiger partial charge in [-0.2, -0.15) is 5.26 Å². The lowest BCUT2D eigenvalue weighted by atomic mass is 10.2. The van der Waals surface area contributed by atoms with Gasteiger partial charge in [0.1, 0.15) is 5.69 Å². The van der Waals surface area contributed by atoms with Gasteiger partial charge in [0.15, 0.2) is 11.5 Å². The molecule has 18 heavy (non-hydrogen) atoms. The molecule has 0 spiro atoms. The second-order valence-corrected chi connectivity index (χ2v) is 3.64. The number of aryl methyl sites for hydroxylation is 1. The molecule has 0 fully saturated rings. The van der Waals surface area contributed by atoms with E-state index in [0.717, 1.165) is 0 Å². The number of ether oxygens (including phenoxy) is 2. The van der Waals surface area contributed by atoms with Crippen LogP contribution in [0, 0.1) is 11.3 Å². The summed E-state index contributed by atoms with van der Waals surface area (Å²) in [5.74, 6) is 1.22. The summed E-state index contributed by atoms with van der Waals surface area (Å²) in [4.78, 5) is 0. The highest BCUT2D eigenvalue weighted by Crippen LogP contribution is 2.33. The Labute approximate surface area is 104 Å². The number of methoxy groups -OCH3 is 1. The smallest absolute Gasteiger partial charge is 0.261 e. The Kier molecular flexibility index (Phi) is 3.06. The maximum Gasteiger partial charge on any atom is 0.261 e. The molecular weight excluding hydrogens is 232 g/mol. The standard InChI is InChI=1S/C12H12N4O2/c1-16-7-9(14)12(15-16)18-10-4-3-8(6-13)5-11(10)17-2/h3-5,7H,14H2,1-2H3. The first-order chi connectivity index (χ1) is 8.63. The number of rotatable bonds is 3. The lowest BCUT2D eigenvalue weighted by Gasteiger charge is -2.08. The van der Waals surface area contributed by atoms with Crippen LogP contribution in [-0.4, -0.2) is 16.9 Å². The fourth-order valence-electron chi connectivity index (χ4n) is 1.49. The summed E-state index contributed by atoms with van der Waals surface area (Å²) in [5.41, 5.74) is 6.66. The van der Waals surface area contributed by atoms with Gasteiger partial charge < -0.3 is 15.2 Å². The van der Waals surface area contributed by atoms with Crippen LogP contribution in [0.1, 0.15) is 5.56 Å². The summed E-state index contributed by atoms with van der Waals surface area (Å²) < 4.78 is 12.3. The minimum Gasteiger partial charge on any atom is -0.493 e. The van der Waals surface area contributed by atoms with Crippen LogP contribution in [0.4, 0.5) is 5.69 Å². The molecule has 0 aliphatic rings. The number of benzene rings is 1. The molecule has 6 heteroatoms. The first-order valence-electron chi connectivity index (χ1n) is 5.19. The van der Waals surface area contributed by atoms with E-state index in [9.17, 15) is 0 Å². The molecule has 0 aliphatic carbocycles. The Morgan fingerprint density at radius 2 is 2.17 bits per heavy atom. The summed E-state index contributed by atoms with van der Waals surface area (Å²) in [6.45, 7) is 0. The van der Waals surface area contributed by atoms with Gasteiger partial charge in [-0.1, -0.05) is 0 Å². The van der Waals surface area contributed by atoms with E-state index in [1.165, 1.54) is 7.11 Å². The highest BCUT2D eigenvalue weighted by atomic mass is 16.5. The average Bonchev–Trinajstić information content (AvgIpc) is 2.68. The van der Waals surface area contributed by atoms with Crippen LogP contribution in [0.2, 0.25) is 0 Å². The molecule has 0 unspecified atom stereocenters. The summed E-state index contributed by atoms with van der Waals surface area (Å²) in [7, 11) is 3.25. The van der Waals surface area contributed by atoms with Crippen LogP contribution in [-0.2, 0) is 7.05 Å². The van der Waals surface area contributed by atoms with Crippen molar-refractivity contribution < 1.29 is 9.47 Å². The molecule has 1 aromatic carbocycles. The minimum absolute atomic E-state index is 0.306.